The van der Waals surface area contributed by atoms with Crippen LogP contribution < -0.4 is 5.56 Å². The van der Waals surface area contributed by atoms with E-state index in [4.69, 9.17) is 9.84 Å². The quantitative estimate of drug-likeness (QED) is 0.680. The van der Waals surface area contributed by atoms with E-state index in [2.05, 4.69) is 4.98 Å². The van der Waals surface area contributed by atoms with Crippen LogP contribution in [0.3, 0.4) is 0 Å². The van der Waals surface area contributed by atoms with E-state index in [0.29, 0.717) is 0 Å². The summed E-state index contributed by atoms with van der Waals surface area (Å²) in [7, 11) is 0. The SMILES string of the molecule is CC(C)(C)OC(=O)c1cc(O)c[nH]c1=O. The fraction of sp³-hybridized carbons (Fsp3) is 0.400. The molecule has 5 nitrogen and oxygen atoms in total. The highest BCUT2D eigenvalue weighted by Crippen LogP contribution is 2.12. The van der Waals surface area contributed by atoms with Gasteiger partial charge in [-0.05, 0) is 20.8 Å². The number of esters is 1. The van der Waals surface area contributed by atoms with Crippen LogP contribution in [0.1, 0.15) is 31.1 Å². The van der Waals surface area contributed by atoms with E-state index in [1.165, 1.54) is 0 Å². The normalized spacial score (nSPS) is 11.1. The third kappa shape index (κ3) is 3.12. The molecule has 82 valence electrons. The molecule has 0 radical (unpaired) electrons. The number of aromatic nitrogens is 1. The Balaban J connectivity index is 3.02. The first kappa shape index (κ1) is 11.3. The standard InChI is InChI=1S/C10H13NO4/c1-10(2,3)15-9(14)7-4-6(12)5-11-8(7)13/h4-5,12H,1-3H3,(H,11,13). The smallest absolute Gasteiger partial charge is 0.344 e. The van der Waals surface area contributed by atoms with E-state index in [-0.39, 0.29) is 11.3 Å². The Bertz CT molecular complexity index is 428. The van der Waals surface area contributed by atoms with Gasteiger partial charge in [-0.15, -0.1) is 0 Å². The number of hydrogen-bond acceptors (Lipinski definition) is 4. The van der Waals surface area contributed by atoms with Crippen LogP contribution in [0.2, 0.25) is 0 Å². The number of H-pyrrole nitrogens is 1. The first-order valence-electron chi connectivity index (χ1n) is 4.44. The van der Waals surface area contributed by atoms with E-state index in [9.17, 15) is 9.59 Å². The van der Waals surface area contributed by atoms with Crippen molar-refractivity contribution in [2.75, 3.05) is 0 Å². The molecule has 1 heterocycles. The molecule has 0 saturated carbocycles. The van der Waals surface area contributed by atoms with Gasteiger partial charge in [0.2, 0.25) is 0 Å². The lowest BCUT2D eigenvalue weighted by molar-refractivity contribution is 0.00671. The fourth-order valence-electron chi connectivity index (χ4n) is 0.957. The highest BCUT2D eigenvalue weighted by molar-refractivity contribution is 5.89. The molecule has 0 aliphatic heterocycles. The third-order valence-electron chi connectivity index (χ3n) is 1.51. The van der Waals surface area contributed by atoms with Crippen LogP contribution in [0, 0.1) is 0 Å². The van der Waals surface area contributed by atoms with Crippen LogP contribution in [0.4, 0.5) is 0 Å². The molecule has 0 aliphatic carbocycles. The van der Waals surface area contributed by atoms with E-state index in [1.54, 1.807) is 20.8 Å². The first-order chi connectivity index (χ1) is 6.79. The van der Waals surface area contributed by atoms with E-state index < -0.39 is 17.1 Å². The minimum atomic E-state index is -0.750. The summed E-state index contributed by atoms with van der Waals surface area (Å²) in [6.45, 7) is 5.09. The summed E-state index contributed by atoms with van der Waals surface area (Å²) in [6, 6.07) is 1.08. The molecule has 15 heavy (non-hydrogen) atoms. The van der Waals surface area contributed by atoms with Crippen LogP contribution in [-0.2, 0) is 4.74 Å². The molecular weight excluding hydrogens is 198 g/mol. The molecule has 0 fully saturated rings. The van der Waals surface area contributed by atoms with Gasteiger partial charge in [-0.3, -0.25) is 4.79 Å². The number of nitrogens with one attached hydrogen (secondary N) is 1. The second kappa shape index (κ2) is 3.76. The summed E-state index contributed by atoms with van der Waals surface area (Å²) >= 11 is 0. The Labute approximate surface area is 86.7 Å². The number of carbonyl (C=O) groups excluding carboxylic acids is 1. The Kier molecular flexibility index (Phi) is 2.83. The van der Waals surface area contributed by atoms with Gasteiger partial charge in [0.15, 0.2) is 0 Å². The molecule has 0 bridgehead atoms. The summed E-state index contributed by atoms with van der Waals surface area (Å²) in [5, 5.41) is 9.11. The molecule has 2 N–H and O–H groups in total. The van der Waals surface area contributed by atoms with Crippen molar-refractivity contribution in [1.82, 2.24) is 4.98 Å². The first-order valence-corrected chi connectivity index (χ1v) is 4.44. The molecule has 0 aromatic carbocycles. The van der Waals surface area contributed by atoms with Crippen molar-refractivity contribution < 1.29 is 14.6 Å². The zero-order valence-corrected chi connectivity index (χ0v) is 8.83. The Hall–Kier alpha value is -1.78. The zero-order chi connectivity index (χ0) is 11.6. The number of carbonyl (C=O) groups is 1. The van der Waals surface area contributed by atoms with Gasteiger partial charge in [0, 0.05) is 12.3 Å². The number of aromatic hydroxyl groups is 1. The average Bonchev–Trinajstić information content (AvgIpc) is 2.06. The van der Waals surface area contributed by atoms with Crippen LogP contribution in [-0.4, -0.2) is 21.7 Å². The van der Waals surface area contributed by atoms with Gasteiger partial charge < -0.3 is 14.8 Å². The lowest BCUT2D eigenvalue weighted by Gasteiger charge is -2.19. The molecule has 0 amide bonds. The molecule has 0 atom stereocenters. The Morgan fingerprint density at radius 3 is 2.60 bits per heavy atom. The summed E-state index contributed by atoms with van der Waals surface area (Å²) in [5.41, 5.74) is -1.46. The topological polar surface area (TPSA) is 79.4 Å². The molecule has 0 spiro atoms. The van der Waals surface area contributed by atoms with Crippen molar-refractivity contribution in [3.8, 4) is 5.75 Å². The van der Waals surface area contributed by atoms with Gasteiger partial charge in [-0.2, -0.15) is 0 Å². The minimum absolute atomic E-state index is 0.185. The second-order valence-electron chi connectivity index (χ2n) is 4.10. The van der Waals surface area contributed by atoms with Crippen LogP contribution in [0.15, 0.2) is 17.1 Å². The molecule has 1 rings (SSSR count). The minimum Gasteiger partial charge on any atom is -0.506 e. The number of rotatable bonds is 1. The maximum absolute atomic E-state index is 11.5. The predicted molar refractivity (Wildman–Crippen MR) is 53.9 cm³/mol. The van der Waals surface area contributed by atoms with Gasteiger partial charge in [0.05, 0.1) is 0 Å². The van der Waals surface area contributed by atoms with E-state index >= 15 is 0 Å². The number of ether oxygens (including phenoxy) is 1. The van der Waals surface area contributed by atoms with Crippen LogP contribution in [0.5, 0.6) is 5.75 Å². The molecule has 1 aromatic rings. The van der Waals surface area contributed by atoms with Gasteiger partial charge in [0.25, 0.3) is 5.56 Å². The number of aromatic amines is 1. The number of hydrogen-bond donors (Lipinski definition) is 2. The van der Waals surface area contributed by atoms with Gasteiger partial charge in [-0.1, -0.05) is 0 Å². The maximum atomic E-state index is 11.5. The van der Waals surface area contributed by atoms with Crippen molar-refractivity contribution in [3.63, 3.8) is 0 Å². The largest absolute Gasteiger partial charge is 0.506 e. The molecule has 1 aromatic heterocycles. The Morgan fingerprint density at radius 1 is 1.47 bits per heavy atom. The lowest BCUT2D eigenvalue weighted by atomic mass is 10.2. The maximum Gasteiger partial charge on any atom is 0.344 e. The zero-order valence-electron chi connectivity index (χ0n) is 8.83. The number of pyridine rings is 1. The molecule has 0 unspecified atom stereocenters. The highest BCUT2D eigenvalue weighted by Gasteiger charge is 2.20. The lowest BCUT2D eigenvalue weighted by Crippen LogP contribution is -2.27. The summed E-state index contributed by atoms with van der Waals surface area (Å²) in [5.74, 6) is -0.935. The van der Waals surface area contributed by atoms with Gasteiger partial charge in [-0.25, -0.2) is 4.79 Å². The van der Waals surface area contributed by atoms with Gasteiger partial charge in [0.1, 0.15) is 16.9 Å². The molecular formula is C10H13NO4. The van der Waals surface area contributed by atoms with E-state index in [1.807, 2.05) is 0 Å². The molecule has 0 saturated heterocycles. The Morgan fingerprint density at radius 2 is 2.07 bits per heavy atom. The third-order valence-corrected chi connectivity index (χ3v) is 1.51. The van der Waals surface area contributed by atoms with Crippen LogP contribution >= 0.6 is 0 Å². The van der Waals surface area contributed by atoms with E-state index in [0.717, 1.165) is 12.3 Å². The average molecular weight is 211 g/mol. The fourth-order valence-corrected chi connectivity index (χ4v) is 0.957. The van der Waals surface area contributed by atoms with Gasteiger partial charge >= 0.3 is 5.97 Å². The van der Waals surface area contributed by atoms with Crippen molar-refractivity contribution in [2.24, 2.45) is 0 Å². The summed E-state index contributed by atoms with van der Waals surface area (Å²) < 4.78 is 4.99. The van der Waals surface area contributed by atoms with Crippen molar-refractivity contribution in [1.29, 1.82) is 0 Å². The van der Waals surface area contributed by atoms with Crippen molar-refractivity contribution in [3.05, 3.63) is 28.2 Å². The summed E-state index contributed by atoms with van der Waals surface area (Å²) in [4.78, 5) is 24.9. The highest BCUT2D eigenvalue weighted by atomic mass is 16.6. The predicted octanol–water partition coefficient (Wildman–Crippen LogP) is 1.04. The van der Waals surface area contributed by atoms with Crippen molar-refractivity contribution >= 4 is 5.97 Å². The molecule has 0 aliphatic rings. The monoisotopic (exact) mass is 211 g/mol. The summed E-state index contributed by atoms with van der Waals surface area (Å²) in [6.07, 6.45) is 1.11. The van der Waals surface area contributed by atoms with Crippen molar-refractivity contribution in [2.45, 2.75) is 26.4 Å². The molecule has 5 heteroatoms. The second-order valence-corrected chi connectivity index (χ2v) is 4.10. The van der Waals surface area contributed by atoms with Crippen LogP contribution in [0.25, 0.3) is 0 Å².